The summed E-state index contributed by atoms with van der Waals surface area (Å²) in [6.07, 6.45) is 2.79. The minimum atomic E-state index is -0.747. The second-order valence-electron chi connectivity index (χ2n) is 7.65. The van der Waals surface area contributed by atoms with Gasteiger partial charge in [-0.25, -0.2) is 0 Å². The van der Waals surface area contributed by atoms with Gasteiger partial charge in [-0.2, -0.15) is 0 Å². The molecule has 0 saturated carbocycles. The molecule has 1 atom stereocenters. The molecule has 2 fully saturated rings. The van der Waals surface area contributed by atoms with Gasteiger partial charge in [0.2, 0.25) is 0 Å². The molecular weight excluding hydrogens is 352 g/mol. The summed E-state index contributed by atoms with van der Waals surface area (Å²) in [6, 6.07) is 18.1. The van der Waals surface area contributed by atoms with Crippen molar-refractivity contribution in [2.75, 3.05) is 38.3 Å². The Hall–Kier alpha value is -2.37. The van der Waals surface area contributed by atoms with Gasteiger partial charge in [0.1, 0.15) is 5.75 Å². The van der Waals surface area contributed by atoms with E-state index in [1.165, 1.54) is 5.56 Å². The highest BCUT2D eigenvalue weighted by Gasteiger charge is 2.47. The molecule has 0 N–H and O–H groups in total. The third kappa shape index (κ3) is 3.91. The monoisotopic (exact) mass is 380 g/mol. The van der Waals surface area contributed by atoms with Crippen LogP contribution in [0.1, 0.15) is 24.8 Å². The van der Waals surface area contributed by atoms with Crippen molar-refractivity contribution in [2.24, 2.45) is 0 Å². The van der Waals surface area contributed by atoms with E-state index in [4.69, 9.17) is 9.47 Å². The maximum absolute atomic E-state index is 13.6. The smallest absolute Gasteiger partial charge is 0.260 e. The molecule has 0 aromatic heterocycles. The van der Waals surface area contributed by atoms with Crippen LogP contribution in [-0.4, -0.2) is 49.8 Å². The molecule has 0 radical (unpaired) electrons. The zero-order valence-corrected chi connectivity index (χ0v) is 16.5. The Labute approximate surface area is 166 Å². The Morgan fingerprint density at radius 1 is 1.07 bits per heavy atom. The molecule has 1 unspecified atom stereocenters. The molecule has 0 aliphatic carbocycles. The predicted octanol–water partition coefficient (Wildman–Crippen LogP) is 3.48. The molecule has 4 rings (SSSR count). The largest absolute Gasteiger partial charge is 0.497 e. The summed E-state index contributed by atoms with van der Waals surface area (Å²) in [5, 5.41) is 0. The lowest BCUT2D eigenvalue weighted by atomic mass is 9.93. The number of carbonyl (C=O) groups excluding carboxylic acids is 1. The standard InChI is InChI=1S/C23H28N2O3/c1-27-21-11-7-8-19(16-21)17-24-14-15-28-23(18-24)12-5-6-13-25(22(23)26)20-9-3-2-4-10-20/h2-4,7-11,16H,5-6,12-15,17-18H2,1H3. The fraction of sp³-hybridized carbons (Fsp3) is 0.435. The molecular formula is C23H28N2O3. The number of benzene rings is 2. The third-order valence-corrected chi connectivity index (χ3v) is 5.72. The molecule has 5 heteroatoms. The van der Waals surface area contributed by atoms with E-state index < -0.39 is 5.60 Å². The first kappa shape index (κ1) is 19.0. The van der Waals surface area contributed by atoms with Crippen LogP contribution in [0.2, 0.25) is 0 Å². The quantitative estimate of drug-likeness (QED) is 0.814. The Kier molecular flexibility index (Phi) is 5.64. The number of amides is 1. The molecule has 2 aromatic carbocycles. The number of ether oxygens (including phenoxy) is 2. The van der Waals surface area contributed by atoms with Crippen LogP contribution in [0.4, 0.5) is 5.69 Å². The van der Waals surface area contributed by atoms with E-state index in [1.54, 1.807) is 7.11 Å². The second kappa shape index (κ2) is 8.33. The summed E-state index contributed by atoms with van der Waals surface area (Å²) >= 11 is 0. The van der Waals surface area contributed by atoms with E-state index in [0.29, 0.717) is 13.2 Å². The number of hydrogen-bond donors (Lipinski definition) is 0. The Balaban J connectivity index is 1.54. The summed E-state index contributed by atoms with van der Waals surface area (Å²) in [6.45, 7) is 3.59. The normalized spacial score (nSPS) is 23.6. The fourth-order valence-corrected chi connectivity index (χ4v) is 4.29. The van der Waals surface area contributed by atoms with Crippen LogP contribution in [0, 0.1) is 0 Å². The van der Waals surface area contributed by atoms with Gasteiger partial charge in [0, 0.05) is 31.9 Å². The fourth-order valence-electron chi connectivity index (χ4n) is 4.29. The number of hydrogen-bond acceptors (Lipinski definition) is 4. The number of methoxy groups -OCH3 is 1. The van der Waals surface area contributed by atoms with Crippen molar-refractivity contribution in [2.45, 2.75) is 31.4 Å². The minimum absolute atomic E-state index is 0.103. The molecule has 2 aliphatic heterocycles. The van der Waals surface area contributed by atoms with Gasteiger partial charge in [-0.15, -0.1) is 0 Å². The number of nitrogens with zero attached hydrogens (tertiary/aromatic N) is 2. The van der Waals surface area contributed by atoms with Crippen molar-refractivity contribution in [1.82, 2.24) is 4.90 Å². The summed E-state index contributed by atoms with van der Waals surface area (Å²) < 4.78 is 11.6. The molecule has 2 aliphatic rings. The maximum atomic E-state index is 13.6. The minimum Gasteiger partial charge on any atom is -0.497 e. The second-order valence-corrected chi connectivity index (χ2v) is 7.65. The van der Waals surface area contributed by atoms with Crippen molar-refractivity contribution in [3.05, 3.63) is 60.2 Å². The zero-order valence-electron chi connectivity index (χ0n) is 16.5. The molecule has 2 aromatic rings. The molecule has 2 saturated heterocycles. The van der Waals surface area contributed by atoms with Crippen molar-refractivity contribution < 1.29 is 14.3 Å². The summed E-state index contributed by atoms with van der Waals surface area (Å²) in [5.74, 6) is 0.966. The molecule has 2 heterocycles. The number of rotatable bonds is 4. The highest BCUT2D eigenvalue weighted by Crippen LogP contribution is 2.32. The van der Waals surface area contributed by atoms with Gasteiger partial charge in [-0.3, -0.25) is 9.69 Å². The van der Waals surface area contributed by atoms with Gasteiger partial charge in [0.15, 0.2) is 5.60 Å². The van der Waals surface area contributed by atoms with Crippen LogP contribution >= 0.6 is 0 Å². The molecule has 28 heavy (non-hydrogen) atoms. The van der Waals surface area contributed by atoms with E-state index in [1.807, 2.05) is 47.4 Å². The van der Waals surface area contributed by atoms with Crippen molar-refractivity contribution in [3.8, 4) is 5.75 Å². The Morgan fingerprint density at radius 3 is 2.75 bits per heavy atom. The number of carbonyl (C=O) groups is 1. The third-order valence-electron chi connectivity index (χ3n) is 5.72. The van der Waals surface area contributed by atoms with Crippen LogP contribution < -0.4 is 9.64 Å². The average Bonchev–Trinajstić information content (AvgIpc) is 2.88. The topological polar surface area (TPSA) is 42.0 Å². The number of anilines is 1. The van der Waals surface area contributed by atoms with Gasteiger partial charge in [-0.1, -0.05) is 30.3 Å². The summed E-state index contributed by atoms with van der Waals surface area (Å²) in [4.78, 5) is 17.8. The van der Waals surface area contributed by atoms with Crippen LogP contribution in [0.5, 0.6) is 5.75 Å². The Morgan fingerprint density at radius 2 is 1.93 bits per heavy atom. The highest BCUT2D eigenvalue weighted by atomic mass is 16.5. The van der Waals surface area contributed by atoms with E-state index in [9.17, 15) is 4.79 Å². The molecule has 5 nitrogen and oxygen atoms in total. The van der Waals surface area contributed by atoms with Crippen molar-refractivity contribution in [1.29, 1.82) is 0 Å². The molecule has 148 valence electrons. The lowest BCUT2D eigenvalue weighted by Crippen LogP contribution is -2.59. The van der Waals surface area contributed by atoms with Gasteiger partial charge in [0.05, 0.1) is 13.7 Å². The van der Waals surface area contributed by atoms with E-state index in [0.717, 1.165) is 50.3 Å². The van der Waals surface area contributed by atoms with Crippen molar-refractivity contribution >= 4 is 11.6 Å². The summed E-state index contributed by atoms with van der Waals surface area (Å²) in [7, 11) is 1.69. The molecule has 1 spiro atoms. The van der Waals surface area contributed by atoms with E-state index in [2.05, 4.69) is 17.0 Å². The lowest BCUT2D eigenvalue weighted by molar-refractivity contribution is -0.158. The first-order chi connectivity index (χ1) is 13.7. The van der Waals surface area contributed by atoms with Crippen molar-refractivity contribution in [3.63, 3.8) is 0 Å². The first-order valence-electron chi connectivity index (χ1n) is 10.1. The van der Waals surface area contributed by atoms with Gasteiger partial charge in [0.25, 0.3) is 5.91 Å². The Bertz CT molecular complexity index is 811. The van der Waals surface area contributed by atoms with Crippen LogP contribution in [0.15, 0.2) is 54.6 Å². The number of para-hydroxylation sites is 1. The lowest BCUT2D eigenvalue weighted by Gasteiger charge is -2.42. The zero-order chi connectivity index (χ0) is 19.4. The molecule has 1 amide bonds. The average molecular weight is 380 g/mol. The van der Waals surface area contributed by atoms with Crippen LogP contribution in [-0.2, 0) is 16.1 Å². The van der Waals surface area contributed by atoms with Gasteiger partial charge in [-0.05, 0) is 49.1 Å². The van der Waals surface area contributed by atoms with E-state index >= 15 is 0 Å². The van der Waals surface area contributed by atoms with E-state index in [-0.39, 0.29) is 5.91 Å². The highest BCUT2D eigenvalue weighted by molar-refractivity contribution is 6.00. The SMILES string of the molecule is COc1cccc(CN2CCOC3(CCCCN(c4ccccc4)C3=O)C2)c1. The predicted molar refractivity (Wildman–Crippen MR) is 110 cm³/mol. The first-order valence-corrected chi connectivity index (χ1v) is 10.1. The number of morpholine rings is 1. The van der Waals surface area contributed by atoms with Gasteiger partial charge >= 0.3 is 0 Å². The summed E-state index contributed by atoms with van der Waals surface area (Å²) in [5.41, 5.74) is 1.41. The maximum Gasteiger partial charge on any atom is 0.260 e. The van der Waals surface area contributed by atoms with Crippen LogP contribution in [0.3, 0.4) is 0 Å². The van der Waals surface area contributed by atoms with Crippen LogP contribution in [0.25, 0.3) is 0 Å². The molecule has 0 bridgehead atoms. The van der Waals surface area contributed by atoms with Gasteiger partial charge < -0.3 is 14.4 Å².